The Morgan fingerprint density at radius 1 is 1.12 bits per heavy atom. The monoisotopic (exact) mass is 456 g/mol. The molecule has 1 amide bonds. The van der Waals surface area contributed by atoms with Gasteiger partial charge in [-0.15, -0.1) is 16.8 Å². The van der Waals surface area contributed by atoms with E-state index in [1.807, 2.05) is 59.9 Å². The van der Waals surface area contributed by atoms with Gasteiger partial charge in [0.1, 0.15) is 0 Å². The summed E-state index contributed by atoms with van der Waals surface area (Å²) >= 11 is 1.28. The lowest BCUT2D eigenvalue weighted by Gasteiger charge is -2.13. The molecule has 0 aliphatic rings. The predicted octanol–water partition coefficient (Wildman–Crippen LogP) is 3.90. The Kier molecular flexibility index (Phi) is 5.39. The van der Waals surface area contributed by atoms with E-state index >= 15 is 0 Å². The van der Waals surface area contributed by atoms with E-state index in [1.165, 1.54) is 16.3 Å². The Hall–Kier alpha value is -3.98. The number of nitrogens with one attached hydrogen (secondary N) is 1. The van der Waals surface area contributed by atoms with Crippen molar-refractivity contribution >= 4 is 50.9 Å². The number of amides is 1. The first kappa shape index (κ1) is 20.9. The van der Waals surface area contributed by atoms with Crippen molar-refractivity contribution in [1.29, 1.82) is 0 Å². The van der Waals surface area contributed by atoms with Crippen molar-refractivity contribution in [2.75, 3.05) is 5.32 Å². The molecule has 2 aromatic carbocycles. The summed E-state index contributed by atoms with van der Waals surface area (Å²) in [5, 5.41) is 13.0. The minimum atomic E-state index is -0.470. The van der Waals surface area contributed by atoms with Gasteiger partial charge in [0.2, 0.25) is 11.7 Å². The van der Waals surface area contributed by atoms with Gasteiger partial charge in [0.05, 0.1) is 27.4 Å². The molecule has 0 saturated heterocycles. The van der Waals surface area contributed by atoms with Crippen LogP contribution in [-0.2, 0) is 11.3 Å². The SMILES string of the molecule is C=CCn1c(=O)c2ccccc2n2c(SC(C)C(=O)Nc3cccc4ncccc34)nnc12. The normalized spacial score (nSPS) is 12.3. The van der Waals surface area contributed by atoms with Gasteiger partial charge in [0.25, 0.3) is 5.56 Å². The Morgan fingerprint density at radius 2 is 1.94 bits per heavy atom. The highest BCUT2D eigenvalue weighted by Crippen LogP contribution is 2.27. The third kappa shape index (κ3) is 3.66. The molecule has 0 saturated carbocycles. The summed E-state index contributed by atoms with van der Waals surface area (Å²) in [6, 6.07) is 16.7. The average molecular weight is 457 g/mol. The van der Waals surface area contributed by atoms with Crippen LogP contribution in [-0.4, -0.2) is 35.3 Å². The number of anilines is 1. The number of hydrogen-bond donors (Lipinski definition) is 1. The zero-order valence-electron chi connectivity index (χ0n) is 17.8. The number of carbonyl (C=O) groups excluding carboxylic acids is 1. The van der Waals surface area contributed by atoms with Gasteiger partial charge in [-0.05, 0) is 43.3 Å². The molecule has 0 aliphatic carbocycles. The van der Waals surface area contributed by atoms with Gasteiger partial charge in [-0.2, -0.15) is 0 Å². The summed E-state index contributed by atoms with van der Waals surface area (Å²) in [4.78, 5) is 30.3. The third-order valence-corrected chi connectivity index (χ3v) is 6.39. The van der Waals surface area contributed by atoms with E-state index < -0.39 is 5.25 Å². The van der Waals surface area contributed by atoms with Crippen LogP contribution in [0.5, 0.6) is 0 Å². The van der Waals surface area contributed by atoms with Gasteiger partial charge in [0.15, 0.2) is 5.16 Å². The molecule has 0 spiro atoms. The Labute approximate surface area is 193 Å². The van der Waals surface area contributed by atoms with Gasteiger partial charge < -0.3 is 5.32 Å². The third-order valence-electron chi connectivity index (χ3n) is 5.34. The second-order valence-electron chi connectivity index (χ2n) is 7.46. The van der Waals surface area contributed by atoms with Gasteiger partial charge in [-0.1, -0.05) is 36.0 Å². The molecule has 8 nitrogen and oxygen atoms in total. The van der Waals surface area contributed by atoms with Crippen molar-refractivity contribution in [1.82, 2.24) is 24.1 Å². The van der Waals surface area contributed by atoms with E-state index in [4.69, 9.17) is 0 Å². The fourth-order valence-corrected chi connectivity index (χ4v) is 4.62. The summed E-state index contributed by atoms with van der Waals surface area (Å²) in [5.41, 5.74) is 2.05. The minimum absolute atomic E-state index is 0.155. The van der Waals surface area contributed by atoms with Crippen molar-refractivity contribution in [3.05, 3.63) is 83.8 Å². The van der Waals surface area contributed by atoms with E-state index in [2.05, 4.69) is 27.1 Å². The summed E-state index contributed by atoms with van der Waals surface area (Å²) in [6.07, 6.45) is 3.37. The van der Waals surface area contributed by atoms with Crippen molar-refractivity contribution in [2.24, 2.45) is 0 Å². The van der Waals surface area contributed by atoms with Crippen molar-refractivity contribution in [3.8, 4) is 0 Å². The fourth-order valence-electron chi connectivity index (χ4n) is 3.76. The molecular formula is C24H20N6O2S. The number of pyridine rings is 1. The number of allylic oxidation sites excluding steroid dienone is 1. The van der Waals surface area contributed by atoms with Gasteiger partial charge in [-0.3, -0.25) is 23.5 Å². The number of aromatic nitrogens is 5. The van der Waals surface area contributed by atoms with Crippen LogP contribution in [0.2, 0.25) is 0 Å². The van der Waals surface area contributed by atoms with Gasteiger partial charge in [-0.25, -0.2) is 0 Å². The smallest absolute Gasteiger partial charge is 0.263 e. The zero-order valence-corrected chi connectivity index (χ0v) is 18.6. The quantitative estimate of drug-likeness (QED) is 0.308. The summed E-state index contributed by atoms with van der Waals surface area (Å²) in [5.74, 6) is 0.241. The molecule has 1 unspecified atom stereocenters. The first-order valence-corrected chi connectivity index (χ1v) is 11.3. The van der Waals surface area contributed by atoms with Crippen LogP contribution < -0.4 is 10.9 Å². The lowest BCUT2D eigenvalue weighted by Crippen LogP contribution is -2.24. The molecule has 9 heteroatoms. The standard InChI is InChI=1S/C24H20N6O2S/c1-3-14-29-22(32)17-8-4-5-12-20(17)30-23(29)27-28-24(30)33-15(2)21(31)26-19-11-6-10-18-16(19)9-7-13-25-18/h3-13,15H,1,14H2,2H3,(H,26,31). The highest BCUT2D eigenvalue weighted by Gasteiger charge is 2.22. The van der Waals surface area contributed by atoms with Crippen molar-refractivity contribution in [2.45, 2.75) is 23.9 Å². The molecule has 1 N–H and O–H groups in total. The van der Waals surface area contributed by atoms with Gasteiger partial charge in [0, 0.05) is 18.1 Å². The lowest BCUT2D eigenvalue weighted by molar-refractivity contribution is -0.115. The number of fused-ring (bicyclic) bond motifs is 4. The molecule has 0 bridgehead atoms. The Bertz CT molecular complexity index is 1580. The largest absolute Gasteiger partial charge is 0.324 e. The number of hydrogen-bond acceptors (Lipinski definition) is 6. The fraction of sp³-hybridized carbons (Fsp3) is 0.125. The second kappa shape index (κ2) is 8.51. The van der Waals surface area contributed by atoms with E-state index in [0.717, 1.165) is 10.9 Å². The highest BCUT2D eigenvalue weighted by atomic mass is 32.2. The molecule has 33 heavy (non-hydrogen) atoms. The summed E-state index contributed by atoms with van der Waals surface area (Å²) < 4.78 is 3.34. The molecule has 164 valence electrons. The maximum absolute atomic E-state index is 13.0. The summed E-state index contributed by atoms with van der Waals surface area (Å²) in [7, 11) is 0. The van der Waals surface area contributed by atoms with Crippen LogP contribution >= 0.6 is 11.8 Å². The molecule has 3 aromatic heterocycles. The maximum Gasteiger partial charge on any atom is 0.263 e. The molecule has 5 rings (SSSR count). The average Bonchev–Trinajstić information content (AvgIpc) is 3.25. The number of nitrogens with zero attached hydrogens (tertiary/aromatic N) is 5. The van der Waals surface area contributed by atoms with Crippen LogP contribution in [0.1, 0.15) is 6.92 Å². The number of carbonyl (C=O) groups is 1. The highest BCUT2D eigenvalue weighted by molar-refractivity contribution is 8.00. The molecule has 0 fully saturated rings. The molecule has 0 aliphatic heterocycles. The minimum Gasteiger partial charge on any atom is -0.324 e. The second-order valence-corrected chi connectivity index (χ2v) is 8.77. The number of rotatable bonds is 6. The van der Waals surface area contributed by atoms with Crippen LogP contribution in [0, 0.1) is 0 Å². The number of para-hydroxylation sites is 1. The van der Waals surface area contributed by atoms with E-state index in [0.29, 0.717) is 34.1 Å². The first-order chi connectivity index (χ1) is 16.1. The van der Waals surface area contributed by atoms with Crippen LogP contribution in [0.25, 0.3) is 27.6 Å². The predicted molar refractivity (Wildman–Crippen MR) is 131 cm³/mol. The van der Waals surface area contributed by atoms with Crippen molar-refractivity contribution < 1.29 is 4.79 Å². The molecule has 1 atom stereocenters. The van der Waals surface area contributed by atoms with Gasteiger partial charge >= 0.3 is 0 Å². The number of benzene rings is 2. The maximum atomic E-state index is 13.0. The zero-order chi connectivity index (χ0) is 22.9. The number of thioether (sulfide) groups is 1. The topological polar surface area (TPSA) is 94.2 Å². The molecule has 3 heterocycles. The van der Waals surface area contributed by atoms with Crippen LogP contribution in [0.4, 0.5) is 5.69 Å². The summed E-state index contributed by atoms with van der Waals surface area (Å²) in [6.45, 7) is 5.86. The van der Waals surface area contributed by atoms with Crippen LogP contribution in [0.15, 0.2) is 83.4 Å². The van der Waals surface area contributed by atoms with E-state index in [9.17, 15) is 9.59 Å². The first-order valence-electron chi connectivity index (χ1n) is 10.4. The molecule has 0 radical (unpaired) electrons. The lowest BCUT2D eigenvalue weighted by atomic mass is 10.2. The van der Waals surface area contributed by atoms with Crippen molar-refractivity contribution in [3.63, 3.8) is 0 Å². The molecule has 5 aromatic rings. The van der Waals surface area contributed by atoms with Crippen LogP contribution in [0.3, 0.4) is 0 Å². The Morgan fingerprint density at radius 3 is 2.79 bits per heavy atom. The Balaban J connectivity index is 1.51. The van der Waals surface area contributed by atoms with E-state index in [1.54, 1.807) is 18.3 Å². The molecular weight excluding hydrogens is 436 g/mol. The van der Waals surface area contributed by atoms with E-state index in [-0.39, 0.29) is 11.5 Å².